The maximum atomic E-state index is 13.6. The Morgan fingerprint density at radius 2 is 1.46 bits per heavy atom. The molecule has 5 heteroatoms. The second kappa shape index (κ2) is 8.82. The van der Waals surface area contributed by atoms with E-state index in [4.69, 9.17) is 0 Å². The van der Waals surface area contributed by atoms with E-state index >= 15 is 0 Å². The fraction of sp³-hybridized carbons (Fsp3) is 0.267. The van der Waals surface area contributed by atoms with Gasteiger partial charge in [-0.15, -0.1) is 0 Å². The van der Waals surface area contributed by atoms with Gasteiger partial charge in [0.15, 0.2) is 0 Å². The molecule has 3 heterocycles. The predicted molar refractivity (Wildman–Crippen MR) is 139 cm³/mol. The van der Waals surface area contributed by atoms with Crippen LogP contribution in [0.25, 0.3) is 10.9 Å². The molecule has 0 unspecified atom stereocenters. The Hall–Kier alpha value is -3.70. The van der Waals surface area contributed by atoms with E-state index in [1.54, 1.807) is 6.20 Å². The van der Waals surface area contributed by atoms with Crippen LogP contribution in [0.5, 0.6) is 0 Å². The quantitative estimate of drug-likeness (QED) is 0.442. The molecule has 176 valence electrons. The van der Waals surface area contributed by atoms with Crippen LogP contribution >= 0.6 is 0 Å². The van der Waals surface area contributed by atoms with Gasteiger partial charge in [0, 0.05) is 43.8 Å². The van der Waals surface area contributed by atoms with Gasteiger partial charge in [-0.3, -0.25) is 14.5 Å². The minimum atomic E-state index is -0.152. The van der Waals surface area contributed by atoms with Gasteiger partial charge in [0.1, 0.15) is 5.56 Å². The maximum absolute atomic E-state index is 13.6. The molecule has 35 heavy (non-hydrogen) atoms. The minimum Gasteiger partial charge on any atom is -0.343 e. The first-order valence-electron chi connectivity index (χ1n) is 12.4. The van der Waals surface area contributed by atoms with Crippen LogP contribution in [0.3, 0.4) is 0 Å². The van der Waals surface area contributed by atoms with Crippen molar-refractivity contribution in [3.63, 3.8) is 0 Å². The summed E-state index contributed by atoms with van der Waals surface area (Å²) < 4.78 is 2.12. The maximum Gasteiger partial charge on any atom is 0.259 e. The smallest absolute Gasteiger partial charge is 0.259 e. The third-order valence-corrected chi connectivity index (χ3v) is 7.55. The summed E-state index contributed by atoms with van der Waals surface area (Å²) in [6.07, 6.45) is 2.70. The fourth-order valence-corrected chi connectivity index (χ4v) is 5.81. The Bertz CT molecular complexity index is 1400. The number of carbonyl (C=O) groups is 1. The molecule has 0 bridgehead atoms. The molecule has 2 aliphatic heterocycles. The van der Waals surface area contributed by atoms with Gasteiger partial charge in [-0.05, 0) is 36.1 Å². The van der Waals surface area contributed by atoms with E-state index in [-0.39, 0.29) is 23.4 Å². The van der Waals surface area contributed by atoms with Gasteiger partial charge in [0.2, 0.25) is 5.43 Å². The summed E-state index contributed by atoms with van der Waals surface area (Å²) >= 11 is 0. The highest BCUT2D eigenvalue weighted by Crippen LogP contribution is 2.32. The largest absolute Gasteiger partial charge is 0.343 e. The van der Waals surface area contributed by atoms with Gasteiger partial charge in [-0.25, -0.2) is 0 Å². The molecule has 2 aliphatic rings. The third kappa shape index (κ3) is 3.76. The Kier molecular flexibility index (Phi) is 5.50. The predicted octanol–water partition coefficient (Wildman–Crippen LogP) is 4.67. The van der Waals surface area contributed by atoms with Gasteiger partial charge < -0.3 is 9.47 Å². The van der Waals surface area contributed by atoms with Gasteiger partial charge >= 0.3 is 0 Å². The van der Waals surface area contributed by atoms with Crippen molar-refractivity contribution in [2.45, 2.75) is 25.4 Å². The summed E-state index contributed by atoms with van der Waals surface area (Å²) in [5, 5.41) is 0.657. The van der Waals surface area contributed by atoms with E-state index in [9.17, 15) is 9.59 Å². The summed E-state index contributed by atoms with van der Waals surface area (Å²) in [5.74, 6) is -0.152. The topological polar surface area (TPSA) is 45.6 Å². The van der Waals surface area contributed by atoms with Crippen LogP contribution in [0.4, 0.5) is 0 Å². The van der Waals surface area contributed by atoms with E-state index < -0.39 is 0 Å². The first-order chi connectivity index (χ1) is 17.1. The van der Waals surface area contributed by atoms with Crippen molar-refractivity contribution in [1.82, 2.24) is 14.4 Å². The van der Waals surface area contributed by atoms with Crippen LogP contribution in [-0.2, 0) is 6.42 Å². The lowest BCUT2D eigenvalue weighted by Gasteiger charge is -2.39. The molecule has 0 spiro atoms. The molecule has 0 saturated carbocycles. The Morgan fingerprint density at radius 3 is 2.09 bits per heavy atom. The second-order valence-corrected chi connectivity index (χ2v) is 9.70. The first-order valence-corrected chi connectivity index (χ1v) is 12.4. The lowest BCUT2D eigenvalue weighted by atomic mass is 9.96. The van der Waals surface area contributed by atoms with Crippen LogP contribution in [0.2, 0.25) is 0 Å². The molecule has 4 aromatic rings. The molecule has 1 aromatic heterocycles. The van der Waals surface area contributed by atoms with Gasteiger partial charge in [-0.1, -0.05) is 72.8 Å². The standard InChI is InChI=1S/C30H29N3O2/c1-21-19-24-13-8-14-25-28(24)33(21)20-26(29(25)34)30(35)32-17-15-31(16-18-32)27(22-9-4-2-5-10-22)23-11-6-3-7-12-23/h2-14,20-21,27H,15-19H2,1H3/t21-/m0/s1. The summed E-state index contributed by atoms with van der Waals surface area (Å²) in [5.41, 5.74) is 4.82. The average Bonchev–Trinajstić information content (AvgIpc) is 3.23. The van der Waals surface area contributed by atoms with Crippen molar-refractivity contribution in [3.8, 4) is 0 Å². The normalized spacial score (nSPS) is 17.9. The van der Waals surface area contributed by atoms with Crippen molar-refractivity contribution < 1.29 is 4.79 Å². The molecular formula is C30H29N3O2. The Morgan fingerprint density at radius 1 is 0.829 bits per heavy atom. The lowest BCUT2D eigenvalue weighted by molar-refractivity contribution is 0.0595. The highest BCUT2D eigenvalue weighted by molar-refractivity contribution is 5.98. The van der Waals surface area contributed by atoms with Crippen molar-refractivity contribution in [2.24, 2.45) is 0 Å². The second-order valence-electron chi connectivity index (χ2n) is 9.70. The number of nitrogens with zero attached hydrogens (tertiary/aromatic N) is 3. The zero-order chi connectivity index (χ0) is 23.9. The number of hydrogen-bond acceptors (Lipinski definition) is 3. The van der Waals surface area contributed by atoms with Crippen molar-refractivity contribution in [1.29, 1.82) is 0 Å². The van der Waals surface area contributed by atoms with Crippen molar-refractivity contribution in [3.05, 3.63) is 118 Å². The Labute approximate surface area is 205 Å². The van der Waals surface area contributed by atoms with E-state index in [1.165, 1.54) is 16.7 Å². The van der Waals surface area contributed by atoms with Crippen LogP contribution in [-0.4, -0.2) is 46.5 Å². The molecule has 6 rings (SSSR count). The molecule has 1 amide bonds. The van der Waals surface area contributed by atoms with Crippen LogP contribution in [0.1, 0.15) is 46.1 Å². The molecule has 5 nitrogen and oxygen atoms in total. The number of amides is 1. The SMILES string of the molecule is C[C@H]1Cc2cccc3c(=O)c(C(=O)N4CCN(C(c5ccccc5)c5ccccc5)CC4)cn1c23. The number of rotatable bonds is 4. The summed E-state index contributed by atoms with van der Waals surface area (Å²) in [4.78, 5) is 31.2. The van der Waals surface area contributed by atoms with E-state index in [1.807, 2.05) is 29.2 Å². The number of piperazine rings is 1. The number of aromatic nitrogens is 1. The summed E-state index contributed by atoms with van der Waals surface area (Å²) in [7, 11) is 0. The lowest BCUT2D eigenvalue weighted by Crippen LogP contribution is -2.50. The Balaban J connectivity index is 1.27. The zero-order valence-electron chi connectivity index (χ0n) is 19.9. The molecule has 0 radical (unpaired) electrons. The molecule has 1 fully saturated rings. The summed E-state index contributed by atoms with van der Waals surface area (Å²) in [6.45, 7) is 4.85. The molecule has 0 N–H and O–H groups in total. The minimum absolute atomic E-state index is 0.140. The van der Waals surface area contributed by atoms with Crippen molar-refractivity contribution >= 4 is 16.8 Å². The van der Waals surface area contributed by atoms with Gasteiger partial charge in [0.25, 0.3) is 5.91 Å². The number of para-hydroxylation sites is 1. The number of benzene rings is 3. The number of hydrogen-bond donors (Lipinski definition) is 0. The number of pyridine rings is 1. The molecule has 1 saturated heterocycles. The molecule has 3 aromatic carbocycles. The average molecular weight is 464 g/mol. The van der Waals surface area contributed by atoms with E-state index in [0.29, 0.717) is 24.0 Å². The highest BCUT2D eigenvalue weighted by atomic mass is 16.2. The van der Waals surface area contributed by atoms with Crippen LogP contribution in [0, 0.1) is 0 Å². The van der Waals surface area contributed by atoms with E-state index in [0.717, 1.165) is 25.0 Å². The van der Waals surface area contributed by atoms with E-state index in [2.05, 4.69) is 71.0 Å². The first kappa shape index (κ1) is 21.8. The fourth-order valence-electron chi connectivity index (χ4n) is 5.81. The zero-order valence-corrected chi connectivity index (χ0v) is 19.9. The third-order valence-electron chi connectivity index (χ3n) is 7.55. The van der Waals surface area contributed by atoms with Crippen LogP contribution < -0.4 is 5.43 Å². The molecular weight excluding hydrogens is 434 g/mol. The molecule has 0 aliphatic carbocycles. The molecule has 1 atom stereocenters. The van der Waals surface area contributed by atoms with Gasteiger partial charge in [-0.2, -0.15) is 0 Å². The summed E-state index contributed by atoms with van der Waals surface area (Å²) in [6, 6.07) is 27.3. The van der Waals surface area contributed by atoms with Gasteiger partial charge in [0.05, 0.1) is 11.6 Å². The monoisotopic (exact) mass is 463 g/mol. The highest BCUT2D eigenvalue weighted by Gasteiger charge is 2.31. The van der Waals surface area contributed by atoms with Crippen LogP contribution in [0.15, 0.2) is 89.9 Å². The number of carbonyl (C=O) groups excluding carboxylic acids is 1. The van der Waals surface area contributed by atoms with Crippen molar-refractivity contribution in [2.75, 3.05) is 26.2 Å².